The molecule has 0 bridgehead atoms. The van der Waals surface area contributed by atoms with Crippen molar-refractivity contribution >= 4 is 17.4 Å². The van der Waals surface area contributed by atoms with E-state index in [2.05, 4.69) is 0 Å². The lowest BCUT2D eigenvalue weighted by molar-refractivity contribution is -0.139. The zero-order chi connectivity index (χ0) is 23.4. The molecule has 3 rings (SSSR count). The van der Waals surface area contributed by atoms with Crippen molar-refractivity contribution in [2.45, 2.75) is 12.5 Å². The zero-order valence-electron chi connectivity index (χ0n) is 18.7. The van der Waals surface area contributed by atoms with Gasteiger partial charge in [0.15, 0.2) is 0 Å². The highest BCUT2D eigenvalue weighted by Crippen LogP contribution is 2.42. The summed E-state index contributed by atoms with van der Waals surface area (Å²) in [4.78, 5) is 29.5. The zero-order valence-corrected chi connectivity index (χ0v) is 18.7. The first kappa shape index (κ1) is 23.1. The number of ketones is 1. The van der Waals surface area contributed by atoms with E-state index in [1.807, 2.05) is 19.0 Å². The van der Waals surface area contributed by atoms with Gasteiger partial charge in [0, 0.05) is 12.6 Å². The predicted octanol–water partition coefficient (Wildman–Crippen LogP) is 2.78. The molecule has 32 heavy (non-hydrogen) atoms. The fourth-order valence-electron chi connectivity index (χ4n) is 3.81. The molecule has 1 saturated heterocycles. The van der Waals surface area contributed by atoms with Crippen molar-refractivity contribution in [3.63, 3.8) is 0 Å². The van der Waals surface area contributed by atoms with Crippen LogP contribution in [0.25, 0.3) is 5.76 Å². The number of benzene rings is 2. The second-order valence-corrected chi connectivity index (χ2v) is 7.81. The number of aromatic hydroxyl groups is 1. The van der Waals surface area contributed by atoms with Gasteiger partial charge in [-0.3, -0.25) is 9.59 Å². The maximum Gasteiger partial charge on any atom is 0.295 e. The number of phenols is 1. The van der Waals surface area contributed by atoms with Crippen molar-refractivity contribution in [2.24, 2.45) is 0 Å². The van der Waals surface area contributed by atoms with Crippen LogP contribution < -0.4 is 9.47 Å². The molecule has 2 aromatic carbocycles. The highest BCUT2D eigenvalue weighted by molar-refractivity contribution is 6.46. The van der Waals surface area contributed by atoms with Crippen molar-refractivity contribution in [2.75, 3.05) is 41.4 Å². The van der Waals surface area contributed by atoms with Crippen molar-refractivity contribution in [1.82, 2.24) is 9.80 Å². The van der Waals surface area contributed by atoms with Crippen LogP contribution in [0.4, 0.5) is 0 Å². The fraction of sp³-hybridized carbons (Fsp3) is 0.333. The Morgan fingerprint density at radius 2 is 1.75 bits per heavy atom. The summed E-state index contributed by atoms with van der Waals surface area (Å²) < 4.78 is 10.4. The molecule has 0 aromatic heterocycles. The third-order valence-corrected chi connectivity index (χ3v) is 5.41. The minimum atomic E-state index is -0.811. The lowest BCUT2D eigenvalue weighted by Crippen LogP contribution is -2.32. The van der Waals surface area contributed by atoms with Crippen LogP contribution >= 0.6 is 0 Å². The quantitative estimate of drug-likeness (QED) is 0.370. The summed E-state index contributed by atoms with van der Waals surface area (Å²) in [6.07, 6.45) is 0.647. The number of carbonyl (C=O) groups is 2. The number of hydrogen-bond donors (Lipinski definition) is 2. The van der Waals surface area contributed by atoms with Crippen molar-refractivity contribution in [3.05, 3.63) is 59.2 Å². The van der Waals surface area contributed by atoms with E-state index in [0.717, 1.165) is 6.54 Å². The maximum absolute atomic E-state index is 13.0. The van der Waals surface area contributed by atoms with E-state index in [1.54, 1.807) is 30.3 Å². The van der Waals surface area contributed by atoms with E-state index in [0.29, 0.717) is 30.0 Å². The van der Waals surface area contributed by atoms with E-state index in [9.17, 15) is 19.8 Å². The molecule has 2 aromatic rings. The normalized spacial score (nSPS) is 17.8. The number of phenolic OH excluding ortho intramolecular Hbond substituents is 1. The van der Waals surface area contributed by atoms with Gasteiger partial charge in [0.2, 0.25) is 0 Å². The van der Waals surface area contributed by atoms with Gasteiger partial charge < -0.3 is 29.5 Å². The van der Waals surface area contributed by atoms with Crippen LogP contribution in [0.2, 0.25) is 0 Å². The summed E-state index contributed by atoms with van der Waals surface area (Å²) in [5.74, 6) is -1.22. The summed E-state index contributed by atoms with van der Waals surface area (Å²) in [6.45, 7) is 1.06. The molecule has 0 radical (unpaired) electrons. The number of Topliss-reactive ketones (excluding diaryl/α,β-unsaturated/α-hetero) is 1. The summed E-state index contributed by atoms with van der Waals surface area (Å²) in [5.41, 5.74) is 0.599. The van der Waals surface area contributed by atoms with E-state index in [4.69, 9.17) is 9.47 Å². The highest BCUT2D eigenvalue weighted by Gasteiger charge is 2.46. The monoisotopic (exact) mass is 440 g/mol. The molecule has 1 amide bonds. The molecular weight excluding hydrogens is 412 g/mol. The van der Waals surface area contributed by atoms with E-state index in [1.165, 1.54) is 31.3 Å². The first-order chi connectivity index (χ1) is 15.3. The molecule has 170 valence electrons. The molecule has 1 heterocycles. The van der Waals surface area contributed by atoms with Crippen molar-refractivity contribution in [1.29, 1.82) is 0 Å². The van der Waals surface area contributed by atoms with Crippen LogP contribution in [0, 0.1) is 0 Å². The van der Waals surface area contributed by atoms with Gasteiger partial charge >= 0.3 is 0 Å². The van der Waals surface area contributed by atoms with Gasteiger partial charge in [0.25, 0.3) is 11.7 Å². The number of carbonyl (C=O) groups excluding carboxylic acids is 2. The second-order valence-electron chi connectivity index (χ2n) is 7.81. The Morgan fingerprint density at radius 3 is 2.38 bits per heavy atom. The molecule has 0 aliphatic carbocycles. The van der Waals surface area contributed by atoms with Gasteiger partial charge in [-0.15, -0.1) is 0 Å². The molecule has 1 aliphatic rings. The third-order valence-electron chi connectivity index (χ3n) is 5.41. The van der Waals surface area contributed by atoms with Crippen molar-refractivity contribution < 1.29 is 29.3 Å². The Labute approximate surface area is 187 Å². The molecule has 8 heteroatoms. The summed E-state index contributed by atoms with van der Waals surface area (Å²) in [6, 6.07) is 10.6. The standard InChI is InChI=1S/C24H28N2O6/c1-25(2)11-6-12-26-21(15-7-5-8-16(13-15)31-3)20(23(29)24(26)30)22(28)18-10-9-17(32-4)14-19(18)27/h5,7-10,13-14,21,27-28H,6,11-12H2,1-4H3/b22-20+. The molecule has 0 spiro atoms. The summed E-state index contributed by atoms with van der Waals surface area (Å²) >= 11 is 0. The number of nitrogens with zero attached hydrogens (tertiary/aromatic N) is 2. The molecule has 0 saturated carbocycles. The predicted molar refractivity (Wildman–Crippen MR) is 120 cm³/mol. The fourth-order valence-corrected chi connectivity index (χ4v) is 3.81. The first-order valence-corrected chi connectivity index (χ1v) is 10.2. The summed E-state index contributed by atoms with van der Waals surface area (Å²) in [7, 11) is 6.85. The average Bonchev–Trinajstić information content (AvgIpc) is 3.03. The molecule has 1 unspecified atom stereocenters. The SMILES string of the molecule is COc1cccc(C2/C(=C(\O)c3ccc(OC)cc3O)C(=O)C(=O)N2CCCN(C)C)c1. The minimum Gasteiger partial charge on any atom is -0.507 e. The van der Waals surface area contributed by atoms with E-state index >= 15 is 0 Å². The van der Waals surface area contributed by atoms with Crippen LogP contribution in [0.5, 0.6) is 17.2 Å². The molecule has 1 fully saturated rings. The number of amides is 1. The Morgan fingerprint density at radius 1 is 1.06 bits per heavy atom. The number of ether oxygens (including phenoxy) is 2. The largest absolute Gasteiger partial charge is 0.507 e. The second kappa shape index (κ2) is 9.74. The lowest BCUT2D eigenvalue weighted by atomic mass is 9.94. The Kier molecular flexibility index (Phi) is 7.05. The minimum absolute atomic E-state index is 0.0463. The topological polar surface area (TPSA) is 99.5 Å². The molecule has 1 atom stereocenters. The van der Waals surface area contributed by atoms with E-state index in [-0.39, 0.29) is 16.9 Å². The van der Waals surface area contributed by atoms with Gasteiger partial charge in [0.1, 0.15) is 23.0 Å². The van der Waals surface area contributed by atoms with E-state index < -0.39 is 23.5 Å². The first-order valence-electron chi connectivity index (χ1n) is 10.2. The van der Waals surface area contributed by atoms with Gasteiger partial charge in [-0.2, -0.15) is 0 Å². The molecule has 8 nitrogen and oxygen atoms in total. The molecule has 2 N–H and O–H groups in total. The Bertz CT molecular complexity index is 1050. The Balaban J connectivity index is 2.14. The van der Waals surface area contributed by atoms with Crippen LogP contribution in [0.15, 0.2) is 48.0 Å². The molecule has 1 aliphatic heterocycles. The highest BCUT2D eigenvalue weighted by atomic mass is 16.5. The van der Waals surface area contributed by atoms with Gasteiger partial charge in [-0.25, -0.2) is 0 Å². The Hall–Kier alpha value is -3.52. The van der Waals surface area contributed by atoms with Crippen LogP contribution in [0.3, 0.4) is 0 Å². The number of hydrogen-bond acceptors (Lipinski definition) is 7. The molecular formula is C24H28N2O6. The number of likely N-dealkylation sites (tertiary alicyclic amines) is 1. The van der Waals surface area contributed by atoms with Crippen LogP contribution in [-0.2, 0) is 9.59 Å². The van der Waals surface area contributed by atoms with Gasteiger partial charge in [-0.05, 0) is 56.9 Å². The average molecular weight is 440 g/mol. The van der Waals surface area contributed by atoms with Crippen LogP contribution in [-0.4, -0.2) is 73.1 Å². The smallest absolute Gasteiger partial charge is 0.295 e. The third kappa shape index (κ3) is 4.55. The summed E-state index contributed by atoms with van der Waals surface area (Å²) in [5, 5.41) is 21.5. The van der Waals surface area contributed by atoms with Gasteiger partial charge in [-0.1, -0.05) is 12.1 Å². The van der Waals surface area contributed by atoms with Crippen molar-refractivity contribution in [3.8, 4) is 17.2 Å². The number of rotatable bonds is 8. The number of aliphatic hydroxyl groups is 1. The number of methoxy groups -OCH3 is 2. The van der Waals surface area contributed by atoms with Crippen LogP contribution in [0.1, 0.15) is 23.6 Å². The maximum atomic E-state index is 13.0. The van der Waals surface area contributed by atoms with Gasteiger partial charge in [0.05, 0.1) is 31.4 Å². The number of aliphatic hydroxyl groups excluding tert-OH is 1. The lowest BCUT2D eigenvalue weighted by Gasteiger charge is -2.26.